The topological polar surface area (TPSA) is 93.7 Å². The molecule has 0 spiro atoms. The molecular formula is C25H24N2O5. The highest BCUT2D eigenvalue weighted by molar-refractivity contribution is 6.04. The van der Waals surface area contributed by atoms with Crippen LogP contribution in [0.4, 0.5) is 16.2 Å². The number of anilines is 2. The first-order valence-electron chi connectivity index (χ1n) is 10.1. The second-order valence-corrected chi connectivity index (χ2v) is 7.05. The summed E-state index contributed by atoms with van der Waals surface area (Å²) in [5, 5.41) is 5.63. The van der Waals surface area contributed by atoms with Crippen LogP contribution in [0.3, 0.4) is 0 Å². The number of benzene rings is 3. The fourth-order valence-corrected chi connectivity index (χ4v) is 2.97. The van der Waals surface area contributed by atoms with E-state index in [1.165, 1.54) is 12.1 Å². The van der Waals surface area contributed by atoms with E-state index in [1.807, 2.05) is 31.2 Å². The van der Waals surface area contributed by atoms with E-state index in [2.05, 4.69) is 10.6 Å². The minimum Gasteiger partial charge on any atom is -0.434 e. The van der Waals surface area contributed by atoms with Crippen LogP contribution in [0.15, 0.2) is 72.8 Å². The van der Waals surface area contributed by atoms with Gasteiger partial charge in [0.05, 0.1) is 13.0 Å². The van der Waals surface area contributed by atoms with Crippen LogP contribution in [-0.2, 0) is 16.0 Å². The number of ether oxygens (including phenoxy) is 2. The summed E-state index contributed by atoms with van der Waals surface area (Å²) >= 11 is 0. The van der Waals surface area contributed by atoms with Crippen molar-refractivity contribution in [1.29, 1.82) is 0 Å². The molecule has 2 N–H and O–H groups in total. The lowest BCUT2D eigenvalue weighted by atomic mass is 10.1. The molecule has 0 saturated heterocycles. The van der Waals surface area contributed by atoms with Crippen LogP contribution < -0.4 is 15.4 Å². The number of aryl methyl sites for hydroxylation is 1. The van der Waals surface area contributed by atoms with Crippen molar-refractivity contribution in [3.8, 4) is 5.75 Å². The van der Waals surface area contributed by atoms with E-state index in [0.717, 1.165) is 11.1 Å². The van der Waals surface area contributed by atoms with Crippen LogP contribution in [0.1, 0.15) is 28.4 Å². The van der Waals surface area contributed by atoms with Gasteiger partial charge in [0.15, 0.2) is 0 Å². The van der Waals surface area contributed by atoms with Crippen molar-refractivity contribution in [1.82, 2.24) is 0 Å². The monoisotopic (exact) mass is 432 g/mol. The molecule has 0 bridgehead atoms. The first-order valence-corrected chi connectivity index (χ1v) is 10.1. The van der Waals surface area contributed by atoms with E-state index < -0.39 is 6.16 Å². The maximum Gasteiger partial charge on any atom is 0.513 e. The van der Waals surface area contributed by atoms with Gasteiger partial charge in [0.1, 0.15) is 5.75 Å². The van der Waals surface area contributed by atoms with Crippen LogP contribution in [0.2, 0.25) is 0 Å². The molecule has 7 heteroatoms. The summed E-state index contributed by atoms with van der Waals surface area (Å²) in [6.45, 7) is 3.88. The number of rotatable bonds is 7. The number of carbonyl (C=O) groups is 3. The molecule has 0 aliphatic carbocycles. The summed E-state index contributed by atoms with van der Waals surface area (Å²) in [7, 11) is 0. The van der Waals surface area contributed by atoms with Crippen molar-refractivity contribution in [3.05, 3.63) is 89.5 Å². The zero-order chi connectivity index (χ0) is 22.9. The quantitative estimate of drug-likeness (QED) is 0.406. The number of hydrogen-bond acceptors (Lipinski definition) is 5. The molecule has 0 fully saturated rings. The summed E-state index contributed by atoms with van der Waals surface area (Å²) in [5.41, 5.74) is 3.68. The van der Waals surface area contributed by atoms with Gasteiger partial charge in [-0.1, -0.05) is 29.8 Å². The van der Waals surface area contributed by atoms with Crippen LogP contribution in [0.5, 0.6) is 5.75 Å². The fourth-order valence-electron chi connectivity index (χ4n) is 2.97. The third-order valence-electron chi connectivity index (χ3n) is 4.45. The van der Waals surface area contributed by atoms with E-state index in [1.54, 1.807) is 43.3 Å². The molecule has 0 unspecified atom stereocenters. The van der Waals surface area contributed by atoms with Crippen molar-refractivity contribution in [2.45, 2.75) is 20.3 Å². The molecule has 0 radical (unpaired) electrons. The summed E-state index contributed by atoms with van der Waals surface area (Å²) in [5.74, 6) is -0.146. The molecular weight excluding hydrogens is 408 g/mol. The molecule has 0 heterocycles. The van der Waals surface area contributed by atoms with E-state index in [9.17, 15) is 14.4 Å². The lowest BCUT2D eigenvalue weighted by Gasteiger charge is -2.09. The summed E-state index contributed by atoms with van der Waals surface area (Å²) in [6, 6.07) is 20.8. The van der Waals surface area contributed by atoms with E-state index in [4.69, 9.17) is 9.47 Å². The number of amides is 2. The molecule has 0 aromatic heterocycles. The molecule has 0 aliphatic rings. The molecule has 32 heavy (non-hydrogen) atoms. The molecule has 3 aromatic carbocycles. The van der Waals surface area contributed by atoms with Gasteiger partial charge in [-0.15, -0.1) is 0 Å². The highest BCUT2D eigenvalue weighted by Gasteiger charge is 2.09. The number of nitrogens with one attached hydrogen (secondary N) is 2. The average molecular weight is 432 g/mol. The Hall–Kier alpha value is -4.13. The number of hydrogen-bond donors (Lipinski definition) is 2. The Morgan fingerprint density at radius 1 is 0.844 bits per heavy atom. The van der Waals surface area contributed by atoms with Crippen molar-refractivity contribution < 1.29 is 23.9 Å². The van der Waals surface area contributed by atoms with Crippen LogP contribution >= 0.6 is 0 Å². The lowest BCUT2D eigenvalue weighted by molar-refractivity contribution is -0.115. The SMILES string of the molecule is CCOC(=O)Oc1ccc(C(=O)Nc2ccc(NC(=O)Cc3cccc(C)c3)cc2)cc1. The number of carbonyl (C=O) groups excluding carboxylic acids is 3. The van der Waals surface area contributed by atoms with E-state index in [-0.39, 0.29) is 30.6 Å². The second-order valence-electron chi connectivity index (χ2n) is 7.05. The lowest BCUT2D eigenvalue weighted by Crippen LogP contribution is -2.15. The predicted molar refractivity (Wildman–Crippen MR) is 122 cm³/mol. The molecule has 3 rings (SSSR count). The van der Waals surface area contributed by atoms with Crippen LogP contribution in [0.25, 0.3) is 0 Å². The van der Waals surface area contributed by atoms with Gasteiger partial charge >= 0.3 is 6.16 Å². The van der Waals surface area contributed by atoms with Crippen LogP contribution in [-0.4, -0.2) is 24.6 Å². The van der Waals surface area contributed by atoms with Crippen molar-refractivity contribution >= 4 is 29.3 Å². The minimum absolute atomic E-state index is 0.113. The van der Waals surface area contributed by atoms with Crippen molar-refractivity contribution in [2.24, 2.45) is 0 Å². The smallest absolute Gasteiger partial charge is 0.434 e. The van der Waals surface area contributed by atoms with Gasteiger partial charge in [0.25, 0.3) is 5.91 Å². The standard InChI is InChI=1S/C25H24N2O5/c1-3-31-25(30)32-22-13-7-19(8-14-22)24(29)27-21-11-9-20(10-12-21)26-23(28)16-18-6-4-5-17(2)15-18/h4-15H,3,16H2,1-2H3,(H,26,28)(H,27,29). The Morgan fingerprint density at radius 2 is 1.50 bits per heavy atom. The van der Waals surface area contributed by atoms with Gasteiger partial charge in [-0.2, -0.15) is 0 Å². The molecule has 0 saturated carbocycles. The highest BCUT2D eigenvalue weighted by atomic mass is 16.7. The average Bonchev–Trinajstić information content (AvgIpc) is 2.75. The second kappa shape index (κ2) is 10.8. The van der Waals surface area contributed by atoms with Gasteiger partial charge in [-0.3, -0.25) is 9.59 Å². The van der Waals surface area contributed by atoms with Gasteiger partial charge < -0.3 is 20.1 Å². The summed E-state index contributed by atoms with van der Waals surface area (Å²) in [6.07, 6.45) is -0.508. The van der Waals surface area contributed by atoms with Gasteiger partial charge in [-0.25, -0.2) is 4.79 Å². The molecule has 7 nitrogen and oxygen atoms in total. The Labute approximate surface area is 186 Å². The van der Waals surface area contributed by atoms with Gasteiger partial charge in [-0.05, 0) is 67.9 Å². The minimum atomic E-state index is -0.796. The van der Waals surface area contributed by atoms with Crippen molar-refractivity contribution in [3.63, 3.8) is 0 Å². The Bertz CT molecular complexity index is 1090. The zero-order valence-electron chi connectivity index (χ0n) is 17.9. The Kier molecular flexibility index (Phi) is 7.59. The highest BCUT2D eigenvalue weighted by Crippen LogP contribution is 2.17. The Balaban J connectivity index is 1.53. The normalized spacial score (nSPS) is 10.2. The third-order valence-corrected chi connectivity index (χ3v) is 4.45. The molecule has 0 aliphatic heterocycles. The predicted octanol–water partition coefficient (Wildman–Crippen LogP) is 4.96. The maximum atomic E-state index is 12.4. The molecule has 3 aromatic rings. The Morgan fingerprint density at radius 3 is 2.12 bits per heavy atom. The molecule has 0 atom stereocenters. The fraction of sp³-hybridized carbons (Fsp3) is 0.160. The van der Waals surface area contributed by atoms with Crippen LogP contribution in [0, 0.1) is 6.92 Å². The van der Waals surface area contributed by atoms with Crippen molar-refractivity contribution in [2.75, 3.05) is 17.2 Å². The first-order chi connectivity index (χ1) is 15.4. The van der Waals surface area contributed by atoms with E-state index >= 15 is 0 Å². The van der Waals surface area contributed by atoms with Gasteiger partial charge in [0, 0.05) is 16.9 Å². The largest absolute Gasteiger partial charge is 0.513 e. The van der Waals surface area contributed by atoms with Gasteiger partial charge in [0.2, 0.25) is 5.91 Å². The molecule has 2 amide bonds. The summed E-state index contributed by atoms with van der Waals surface area (Å²) < 4.78 is 9.67. The van der Waals surface area contributed by atoms with E-state index in [0.29, 0.717) is 16.9 Å². The first kappa shape index (κ1) is 22.6. The zero-order valence-corrected chi connectivity index (χ0v) is 17.9. The molecule has 164 valence electrons. The summed E-state index contributed by atoms with van der Waals surface area (Å²) in [4.78, 5) is 36.0. The third kappa shape index (κ3) is 6.70. The maximum absolute atomic E-state index is 12.4.